The molecule has 3 aliphatic heterocycles. The Balaban J connectivity index is 0.684. The van der Waals surface area contributed by atoms with Gasteiger partial charge in [-0.3, -0.25) is 19.3 Å². The number of nitrogens with zero attached hydrogens (tertiary/aromatic N) is 8. The number of pyridine rings is 1. The minimum absolute atomic E-state index is 0.00422. The topological polar surface area (TPSA) is 211 Å². The third kappa shape index (κ3) is 12.0. The van der Waals surface area contributed by atoms with Crippen LogP contribution in [-0.2, 0) is 20.5 Å². The number of aliphatic hydroxyl groups is 1. The largest absolute Gasteiger partial charge is 0.476 e. The lowest BCUT2D eigenvalue weighted by atomic mass is 9.91. The van der Waals surface area contributed by atoms with Gasteiger partial charge in [0.2, 0.25) is 28.5 Å². The van der Waals surface area contributed by atoms with Crippen molar-refractivity contribution in [3.63, 3.8) is 0 Å². The maximum atomic E-state index is 16.1. The first-order valence-electron chi connectivity index (χ1n) is 26.8. The Labute approximate surface area is 466 Å². The van der Waals surface area contributed by atoms with E-state index in [1.165, 1.54) is 11.1 Å². The van der Waals surface area contributed by atoms with E-state index in [-0.39, 0.29) is 67.7 Å². The van der Waals surface area contributed by atoms with Crippen molar-refractivity contribution in [2.45, 2.75) is 83.7 Å². The number of halogens is 3. The monoisotopic (exact) mass is 1140 g/mol. The second-order valence-electron chi connectivity index (χ2n) is 21.0. The van der Waals surface area contributed by atoms with Gasteiger partial charge in [-0.05, 0) is 97.8 Å². The zero-order valence-corrected chi connectivity index (χ0v) is 46.4. The number of likely N-dealkylation sites (tertiary alicyclic amines) is 1. The number of ketones is 1. The number of anilines is 2. The van der Waals surface area contributed by atoms with E-state index in [0.29, 0.717) is 33.4 Å². The highest BCUT2D eigenvalue weighted by Gasteiger charge is 2.44. The number of aryl methyl sites for hydroxylation is 1. The summed E-state index contributed by atoms with van der Waals surface area (Å²) in [7, 11) is -3.49. The molecule has 0 bridgehead atoms. The number of thiazole rings is 1. The zero-order valence-electron chi connectivity index (χ0n) is 44.7. The summed E-state index contributed by atoms with van der Waals surface area (Å²) in [6.45, 7) is 12.0. The van der Waals surface area contributed by atoms with Crippen molar-refractivity contribution in [3.8, 4) is 27.4 Å². The summed E-state index contributed by atoms with van der Waals surface area (Å²) >= 11 is 1.58. The first-order chi connectivity index (χ1) is 38.5. The van der Waals surface area contributed by atoms with E-state index >= 15 is 8.78 Å². The molecule has 5 atom stereocenters. The predicted molar refractivity (Wildman–Crippen MR) is 298 cm³/mol. The Kier molecular flexibility index (Phi) is 17.0. The molecule has 0 radical (unpaired) electrons. The Hall–Kier alpha value is -7.18. The Morgan fingerprint density at radius 2 is 1.69 bits per heavy atom. The molecule has 3 N–H and O–H groups in total. The van der Waals surface area contributed by atoms with Crippen LogP contribution in [0, 0.1) is 24.5 Å². The van der Waals surface area contributed by atoms with Crippen molar-refractivity contribution in [2.75, 3.05) is 68.3 Å². The molecule has 3 aromatic carbocycles. The average Bonchev–Trinajstić information content (AvgIpc) is 4.38. The number of hydrazine groups is 1. The first kappa shape index (κ1) is 56.1. The highest BCUT2D eigenvalue weighted by Crippen LogP contribution is 2.36. The zero-order chi connectivity index (χ0) is 56.4. The lowest BCUT2D eigenvalue weighted by Crippen LogP contribution is -2.48. The third-order valence-electron chi connectivity index (χ3n) is 15.3. The van der Waals surface area contributed by atoms with Crippen molar-refractivity contribution in [3.05, 3.63) is 130 Å². The molecule has 10 rings (SSSR count). The number of aromatic amines is 1. The number of hydrogen-bond donors (Lipinski definition) is 4. The van der Waals surface area contributed by atoms with Gasteiger partial charge in [-0.1, -0.05) is 50.2 Å². The number of piperazine rings is 1. The van der Waals surface area contributed by atoms with Crippen molar-refractivity contribution in [1.29, 1.82) is 0 Å². The van der Waals surface area contributed by atoms with Gasteiger partial charge >= 0.3 is 0 Å². The number of carbonyl (C=O) groups is 3. The molecule has 0 spiro atoms. The number of alkyl halides is 1. The molecule has 4 aromatic heterocycles. The van der Waals surface area contributed by atoms with Gasteiger partial charge in [-0.25, -0.2) is 36.6 Å². The van der Waals surface area contributed by atoms with E-state index in [1.807, 2.05) is 81.7 Å². The number of unbranched alkanes of at least 4 members (excludes halogenated alkanes) is 1. The van der Waals surface area contributed by atoms with Gasteiger partial charge in [0.15, 0.2) is 11.6 Å². The summed E-state index contributed by atoms with van der Waals surface area (Å²) in [5.41, 5.74) is 5.97. The van der Waals surface area contributed by atoms with Gasteiger partial charge in [0.05, 0.1) is 46.9 Å². The number of aromatic nitrogens is 4. The molecule has 0 aliphatic carbocycles. The van der Waals surface area contributed by atoms with E-state index in [0.717, 1.165) is 95.7 Å². The summed E-state index contributed by atoms with van der Waals surface area (Å²) in [6, 6.07) is 19.8. The summed E-state index contributed by atoms with van der Waals surface area (Å²) in [5, 5.41) is 19.3. The molecule has 0 saturated carbocycles. The van der Waals surface area contributed by atoms with Crippen LogP contribution in [0.5, 0.6) is 5.88 Å². The molecule has 2 amide bonds. The van der Waals surface area contributed by atoms with Gasteiger partial charge < -0.3 is 34.5 Å². The summed E-state index contributed by atoms with van der Waals surface area (Å²) in [6.07, 6.45) is 2.58. The van der Waals surface area contributed by atoms with E-state index in [9.17, 15) is 32.3 Å². The maximum Gasteiger partial charge on any atom is 0.254 e. The number of carbonyl (C=O) groups excluding carboxylic acids is 3. The number of thiol groups is 1. The molecule has 422 valence electrons. The van der Waals surface area contributed by atoms with E-state index < -0.39 is 63.8 Å². The highest BCUT2D eigenvalue weighted by atomic mass is 32.2. The number of rotatable bonds is 20. The molecular formula is C57H63F3N10O8S2. The lowest BCUT2D eigenvalue weighted by molar-refractivity contribution is -0.141. The van der Waals surface area contributed by atoms with Gasteiger partial charge in [0.1, 0.15) is 35.3 Å². The van der Waals surface area contributed by atoms with Gasteiger partial charge in [0, 0.05) is 86.3 Å². The molecule has 3 saturated heterocycles. The van der Waals surface area contributed by atoms with Crippen LogP contribution in [0.2, 0.25) is 0 Å². The van der Waals surface area contributed by atoms with Gasteiger partial charge in [-0.2, -0.15) is 4.41 Å². The van der Waals surface area contributed by atoms with E-state index in [2.05, 4.69) is 35.2 Å². The number of benzene rings is 3. The molecule has 1 unspecified atom stereocenters. The van der Waals surface area contributed by atoms with Crippen molar-refractivity contribution < 1.29 is 50.3 Å². The van der Waals surface area contributed by atoms with Crippen LogP contribution in [-0.4, -0.2) is 143 Å². The SMILES string of the molecule is Cc1ncsc1-c1ccc([C@H](C)NC(=O)[C@@H]2C[C@@H](O)CN2C(=O)C(c2cc(OCCCCN3CCN(c4ccc(-c5cnc6[nH]cc(C(=O)c7c(F)ccc(N(N8CC[C@@H](F)C8)[SH](=O)=O)c7F)c6c5)cc4)CC3)no2)C(C)C)cc1. The molecule has 3 fully saturated rings. The lowest BCUT2D eigenvalue weighted by Gasteiger charge is -2.36. The molecule has 7 heterocycles. The molecule has 23 heteroatoms. The standard InChI is InChI=1S/C57H63F3N10O8S2/c1-33(2)50(57(74)69-31-42(71)26-47(69)56(73)64-34(3)36-7-9-38(10-8-36)54-35(4)63-32-79-54)48-27-49(65-78-48)77-24-6-5-18-66-20-22-67(23-21-66)41-13-11-37(12-14-41)39-25-43-44(29-62-55(43)61-28-39)53(72)51-45(59)15-16-46(52(51)60)70(80(75)76)68-19-17-40(58)30-68/h7-16,25,27-29,32-34,40,42,47,50,71,80H,5-6,17-24,26,30-31H2,1-4H3,(H,61,62)(H,64,73)/t34-,40+,42+,47-,50?/m0/s1. The Morgan fingerprint density at radius 3 is 2.38 bits per heavy atom. The van der Waals surface area contributed by atoms with Crippen molar-refractivity contribution >= 4 is 62.2 Å². The number of β-amino-alcohol motifs (C(OH)–C–C–N with tert-alkyl or cyclic N) is 1. The normalized spacial score (nSPS) is 18.9. The summed E-state index contributed by atoms with van der Waals surface area (Å²) in [4.78, 5) is 60.8. The van der Waals surface area contributed by atoms with Crippen molar-refractivity contribution in [1.82, 2.24) is 40.2 Å². The predicted octanol–water partition coefficient (Wildman–Crippen LogP) is 8.01. The van der Waals surface area contributed by atoms with Crippen LogP contribution in [0.1, 0.15) is 91.4 Å². The second kappa shape index (κ2) is 24.3. The molecule has 3 aliphatic rings. The number of H-pyrrole nitrogens is 1. The summed E-state index contributed by atoms with van der Waals surface area (Å²) < 4.78 is 82.1. The smallest absolute Gasteiger partial charge is 0.254 e. The number of hydrogen-bond acceptors (Lipinski definition) is 15. The van der Waals surface area contributed by atoms with Crippen LogP contribution in [0.3, 0.4) is 0 Å². The fourth-order valence-electron chi connectivity index (χ4n) is 10.9. The quantitative estimate of drug-likeness (QED) is 0.0324. The van der Waals surface area contributed by atoms with Gasteiger partial charge in [-0.15, -0.1) is 11.3 Å². The van der Waals surface area contributed by atoms with Crippen LogP contribution < -0.4 is 19.4 Å². The molecule has 7 aromatic rings. The number of amides is 2. The Bertz CT molecular complexity index is 3430. The highest BCUT2D eigenvalue weighted by molar-refractivity contribution is 7.73. The number of fused-ring (bicyclic) bond motifs is 1. The molecular weight excluding hydrogens is 1070 g/mol. The molecule has 18 nitrogen and oxygen atoms in total. The van der Waals surface area contributed by atoms with Crippen LogP contribution in [0.4, 0.5) is 24.5 Å². The second-order valence-corrected chi connectivity index (χ2v) is 22.7. The fourth-order valence-corrected chi connectivity index (χ4v) is 12.4. The minimum atomic E-state index is -3.49. The number of aliphatic hydroxyl groups excluding tert-OH is 1. The summed E-state index contributed by atoms with van der Waals surface area (Å²) in [5.74, 6) is -4.58. The van der Waals surface area contributed by atoms with E-state index in [1.54, 1.807) is 29.7 Å². The van der Waals surface area contributed by atoms with Crippen LogP contribution in [0.15, 0.2) is 95.2 Å². The number of ether oxygens (including phenoxy) is 1. The fraction of sp³-hybridized carbons (Fsp3) is 0.404. The van der Waals surface area contributed by atoms with Gasteiger partial charge in [0.25, 0.3) is 5.88 Å². The Morgan fingerprint density at radius 1 is 0.938 bits per heavy atom. The van der Waals surface area contributed by atoms with Crippen LogP contribution in [0.25, 0.3) is 32.6 Å². The number of nitrogens with one attached hydrogen (secondary N) is 2. The van der Waals surface area contributed by atoms with Crippen LogP contribution >= 0.6 is 11.3 Å². The third-order valence-corrected chi connectivity index (χ3v) is 17.0. The van der Waals surface area contributed by atoms with E-state index in [4.69, 9.17) is 9.26 Å². The average molecular weight is 1140 g/mol. The van der Waals surface area contributed by atoms with Crippen molar-refractivity contribution in [2.24, 2.45) is 5.92 Å². The maximum absolute atomic E-state index is 16.1. The molecule has 80 heavy (non-hydrogen) atoms. The minimum Gasteiger partial charge on any atom is -0.476 e. The first-order valence-corrected chi connectivity index (χ1v) is 28.8.